The summed E-state index contributed by atoms with van der Waals surface area (Å²) in [4.78, 5) is 32.4. The minimum Gasteiger partial charge on any atom is -0.494 e. The van der Waals surface area contributed by atoms with Gasteiger partial charge in [0.25, 0.3) is 0 Å². The van der Waals surface area contributed by atoms with E-state index in [0.29, 0.717) is 30.4 Å². The van der Waals surface area contributed by atoms with E-state index in [1.54, 1.807) is 17.0 Å². The summed E-state index contributed by atoms with van der Waals surface area (Å²) in [5, 5.41) is 3.00. The Bertz CT molecular complexity index is 1130. The molecule has 0 spiro atoms. The molecule has 0 unspecified atom stereocenters. The molecular formula is C27H27N3O3S. The van der Waals surface area contributed by atoms with Crippen LogP contribution in [0.1, 0.15) is 18.9 Å². The number of thioether (sulfide) groups is 1. The normalized spacial score (nSPS) is 16.6. The predicted molar refractivity (Wildman–Crippen MR) is 138 cm³/mol. The molecule has 6 nitrogen and oxygen atoms in total. The van der Waals surface area contributed by atoms with E-state index in [2.05, 4.69) is 5.32 Å². The standard InChI is InChI=1S/C27H27N3O3S/c1-2-33-23-15-13-22(14-16-23)28-25(31)19-24-26(32)30(18-17-20-9-5-3-6-10-20)27(34-24)29-21-11-7-4-8-12-21/h3-16,24H,2,17-19H2,1H3,(H,28,31)/t24-/m0/s1. The van der Waals surface area contributed by atoms with E-state index < -0.39 is 5.25 Å². The second-order valence-electron chi connectivity index (χ2n) is 7.77. The summed E-state index contributed by atoms with van der Waals surface area (Å²) in [6.07, 6.45) is 0.790. The molecule has 0 aromatic heterocycles. The number of amidine groups is 1. The van der Waals surface area contributed by atoms with Gasteiger partial charge in [0.2, 0.25) is 11.8 Å². The maximum atomic E-state index is 13.3. The van der Waals surface area contributed by atoms with Crippen molar-refractivity contribution in [3.05, 3.63) is 90.5 Å². The number of anilines is 1. The SMILES string of the molecule is CCOc1ccc(NC(=O)C[C@@H]2SC(=Nc3ccccc3)N(CCc3ccccc3)C2=O)cc1. The lowest BCUT2D eigenvalue weighted by Gasteiger charge is -2.16. The van der Waals surface area contributed by atoms with Gasteiger partial charge in [0.15, 0.2) is 5.17 Å². The Hall–Kier alpha value is -3.58. The molecule has 2 amide bonds. The van der Waals surface area contributed by atoms with Crippen LogP contribution in [0.3, 0.4) is 0 Å². The van der Waals surface area contributed by atoms with E-state index in [-0.39, 0.29) is 18.2 Å². The molecule has 34 heavy (non-hydrogen) atoms. The van der Waals surface area contributed by atoms with Crippen LogP contribution in [0.25, 0.3) is 0 Å². The molecule has 1 N–H and O–H groups in total. The van der Waals surface area contributed by atoms with Crippen molar-refractivity contribution in [1.29, 1.82) is 0 Å². The number of carbonyl (C=O) groups excluding carboxylic acids is 2. The highest BCUT2D eigenvalue weighted by Crippen LogP contribution is 2.32. The van der Waals surface area contributed by atoms with Crippen molar-refractivity contribution in [2.24, 2.45) is 4.99 Å². The molecule has 7 heteroatoms. The predicted octanol–water partition coefficient (Wildman–Crippen LogP) is 5.29. The van der Waals surface area contributed by atoms with Gasteiger partial charge in [-0.05, 0) is 55.3 Å². The molecule has 0 aliphatic carbocycles. The quantitative estimate of drug-likeness (QED) is 0.459. The molecule has 0 radical (unpaired) electrons. The van der Waals surface area contributed by atoms with E-state index >= 15 is 0 Å². The number of benzene rings is 3. The Balaban J connectivity index is 1.45. The lowest BCUT2D eigenvalue weighted by Crippen LogP contribution is -2.35. The first-order valence-electron chi connectivity index (χ1n) is 11.3. The Labute approximate surface area is 204 Å². The van der Waals surface area contributed by atoms with Crippen molar-refractivity contribution in [2.45, 2.75) is 25.0 Å². The summed E-state index contributed by atoms with van der Waals surface area (Å²) < 4.78 is 5.44. The van der Waals surface area contributed by atoms with Crippen molar-refractivity contribution in [2.75, 3.05) is 18.5 Å². The number of hydrogen-bond acceptors (Lipinski definition) is 5. The van der Waals surface area contributed by atoms with E-state index in [9.17, 15) is 9.59 Å². The van der Waals surface area contributed by atoms with Gasteiger partial charge >= 0.3 is 0 Å². The first kappa shape index (κ1) is 23.6. The molecule has 4 rings (SSSR count). The van der Waals surface area contributed by atoms with Crippen molar-refractivity contribution >= 4 is 40.1 Å². The van der Waals surface area contributed by atoms with Crippen LogP contribution in [-0.2, 0) is 16.0 Å². The van der Waals surface area contributed by atoms with Crippen molar-refractivity contribution < 1.29 is 14.3 Å². The lowest BCUT2D eigenvalue weighted by molar-refractivity contribution is -0.128. The van der Waals surface area contributed by atoms with E-state index in [1.807, 2.05) is 79.7 Å². The molecule has 0 saturated carbocycles. The highest BCUT2D eigenvalue weighted by atomic mass is 32.2. The minimum absolute atomic E-state index is 0.0758. The fraction of sp³-hybridized carbons (Fsp3) is 0.222. The molecule has 1 atom stereocenters. The Morgan fingerprint density at radius 3 is 2.35 bits per heavy atom. The van der Waals surface area contributed by atoms with Crippen LogP contribution in [0, 0.1) is 0 Å². The number of nitrogens with one attached hydrogen (secondary N) is 1. The zero-order valence-electron chi connectivity index (χ0n) is 19.0. The maximum absolute atomic E-state index is 13.3. The van der Waals surface area contributed by atoms with E-state index in [1.165, 1.54) is 11.8 Å². The molecule has 1 saturated heterocycles. The number of ether oxygens (including phenoxy) is 1. The first-order chi connectivity index (χ1) is 16.6. The zero-order chi connectivity index (χ0) is 23.8. The summed E-state index contributed by atoms with van der Waals surface area (Å²) in [5.74, 6) is 0.453. The number of nitrogens with zero attached hydrogens (tertiary/aromatic N) is 2. The first-order valence-corrected chi connectivity index (χ1v) is 12.2. The smallest absolute Gasteiger partial charge is 0.242 e. The van der Waals surface area contributed by atoms with Gasteiger partial charge in [-0.2, -0.15) is 0 Å². The molecule has 1 aliphatic heterocycles. The summed E-state index contributed by atoms with van der Waals surface area (Å²) in [6.45, 7) is 3.02. The summed E-state index contributed by atoms with van der Waals surface area (Å²) in [6, 6.07) is 26.8. The third kappa shape index (κ3) is 6.26. The third-order valence-corrected chi connectivity index (χ3v) is 6.46. The number of hydrogen-bond donors (Lipinski definition) is 1. The Morgan fingerprint density at radius 2 is 1.68 bits per heavy atom. The highest BCUT2D eigenvalue weighted by molar-refractivity contribution is 8.15. The molecule has 1 heterocycles. The Kier molecular flexibility index (Phi) is 7.99. The zero-order valence-corrected chi connectivity index (χ0v) is 19.8. The van der Waals surface area contributed by atoms with Crippen LogP contribution < -0.4 is 10.1 Å². The average Bonchev–Trinajstić information content (AvgIpc) is 3.14. The maximum Gasteiger partial charge on any atom is 0.242 e. The third-order valence-electron chi connectivity index (χ3n) is 5.29. The number of amides is 2. The van der Waals surface area contributed by atoms with Gasteiger partial charge in [0.05, 0.1) is 12.3 Å². The van der Waals surface area contributed by atoms with Crippen molar-refractivity contribution in [1.82, 2.24) is 4.90 Å². The molecule has 174 valence electrons. The minimum atomic E-state index is -0.513. The van der Waals surface area contributed by atoms with Crippen LogP contribution in [0.2, 0.25) is 0 Å². The van der Waals surface area contributed by atoms with Gasteiger partial charge in [-0.1, -0.05) is 60.3 Å². The molecule has 0 bridgehead atoms. The van der Waals surface area contributed by atoms with Crippen LogP contribution in [-0.4, -0.2) is 40.3 Å². The van der Waals surface area contributed by atoms with Crippen LogP contribution in [0.4, 0.5) is 11.4 Å². The van der Waals surface area contributed by atoms with Crippen LogP contribution >= 0.6 is 11.8 Å². The van der Waals surface area contributed by atoms with Crippen LogP contribution in [0.5, 0.6) is 5.75 Å². The van der Waals surface area contributed by atoms with Crippen molar-refractivity contribution in [3.63, 3.8) is 0 Å². The second kappa shape index (κ2) is 11.5. The van der Waals surface area contributed by atoms with Gasteiger partial charge in [-0.25, -0.2) is 4.99 Å². The van der Waals surface area contributed by atoms with Crippen molar-refractivity contribution in [3.8, 4) is 5.75 Å². The largest absolute Gasteiger partial charge is 0.494 e. The molecule has 3 aromatic rings. The summed E-state index contributed by atoms with van der Waals surface area (Å²) >= 11 is 1.35. The number of rotatable bonds is 9. The summed E-state index contributed by atoms with van der Waals surface area (Å²) in [7, 11) is 0. The molecule has 1 aliphatic rings. The molecule has 1 fully saturated rings. The van der Waals surface area contributed by atoms with Gasteiger partial charge < -0.3 is 10.1 Å². The van der Waals surface area contributed by atoms with Crippen LogP contribution in [0.15, 0.2) is 89.9 Å². The fourth-order valence-corrected chi connectivity index (χ4v) is 4.79. The van der Waals surface area contributed by atoms with E-state index in [4.69, 9.17) is 9.73 Å². The molecule has 3 aromatic carbocycles. The fourth-order valence-electron chi connectivity index (χ4n) is 3.61. The number of carbonyl (C=O) groups is 2. The summed E-state index contributed by atoms with van der Waals surface area (Å²) in [5.41, 5.74) is 2.60. The van der Waals surface area contributed by atoms with Gasteiger partial charge in [0, 0.05) is 18.7 Å². The topological polar surface area (TPSA) is 71.0 Å². The number of aliphatic imine (C=N–C) groups is 1. The van der Waals surface area contributed by atoms with Gasteiger partial charge in [0.1, 0.15) is 11.0 Å². The average molecular weight is 474 g/mol. The second-order valence-corrected chi connectivity index (χ2v) is 8.94. The van der Waals surface area contributed by atoms with E-state index in [0.717, 1.165) is 17.0 Å². The monoisotopic (exact) mass is 473 g/mol. The Morgan fingerprint density at radius 1 is 1.00 bits per heavy atom. The lowest BCUT2D eigenvalue weighted by atomic mass is 10.1. The van der Waals surface area contributed by atoms with Gasteiger partial charge in [-0.3, -0.25) is 14.5 Å². The number of para-hydroxylation sites is 1. The van der Waals surface area contributed by atoms with Gasteiger partial charge in [-0.15, -0.1) is 0 Å². The molecular weight excluding hydrogens is 446 g/mol. The highest BCUT2D eigenvalue weighted by Gasteiger charge is 2.39.